The van der Waals surface area contributed by atoms with Crippen LogP contribution in [0.25, 0.3) is 0 Å². The molecule has 1 aliphatic rings. The fraction of sp³-hybridized carbons (Fsp3) is 0.368. The van der Waals surface area contributed by atoms with Crippen LogP contribution in [0.5, 0.6) is 5.75 Å². The molecule has 0 spiro atoms. The van der Waals surface area contributed by atoms with Crippen molar-refractivity contribution >= 4 is 11.8 Å². The summed E-state index contributed by atoms with van der Waals surface area (Å²) in [5.41, 5.74) is 3.64. The number of hydrogen-bond acceptors (Lipinski definition) is 4. The van der Waals surface area contributed by atoms with Crippen molar-refractivity contribution in [1.29, 1.82) is 0 Å². The zero-order chi connectivity index (χ0) is 17.3. The minimum atomic E-state index is -0.438. The molecule has 1 heterocycles. The number of ether oxygens (including phenoxy) is 2. The van der Waals surface area contributed by atoms with Gasteiger partial charge >= 0.3 is 5.97 Å². The molecule has 0 saturated carbocycles. The van der Waals surface area contributed by atoms with Crippen LogP contribution < -0.4 is 4.74 Å². The van der Waals surface area contributed by atoms with E-state index in [1.54, 1.807) is 6.92 Å². The van der Waals surface area contributed by atoms with Crippen molar-refractivity contribution in [3.63, 3.8) is 0 Å². The number of methoxy groups -OCH3 is 1. The Morgan fingerprint density at radius 3 is 2.58 bits per heavy atom. The molecule has 0 radical (unpaired) electrons. The Balaban J connectivity index is 1.89. The average Bonchev–Trinajstić information content (AvgIpc) is 2.92. The molecule has 0 unspecified atom stereocenters. The van der Waals surface area contributed by atoms with E-state index in [9.17, 15) is 9.59 Å². The molecular weight excluding hydrogens is 306 g/mol. The standard InChI is InChI=1S/C19H21NO4/c1-4-24-14-7-5-12(6-8-14)13-9-15-17(16(21)10-13)11(2)18(20-15)19(22)23-3/h5-8,13,20H,4,9-10H2,1-3H3/t13-/m1/s1. The van der Waals surface area contributed by atoms with Gasteiger partial charge in [-0.25, -0.2) is 4.79 Å². The van der Waals surface area contributed by atoms with Crippen LogP contribution in [0.3, 0.4) is 0 Å². The van der Waals surface area contributed by atoms with Crippen LogP contribution in [0.15, 0.2) is 24.3 Å². The molecule has 5 heteroatoms. The molecule has 0 bridgehead atoms. The summed E-state index contributed by atoms with van der Waals surface area (Å²) in [5.74, 6) is 0.559. The summed E-state index contributed by atoms with van der Waals surface area (Å²) < 4.78 is 10.2. The second kappa shape index (κ2) is 6.51. The molecule has 2 aromatic rings. The summed E-state index contributed by atoms with van der Waals surface area (Å²) in [6, 6.07) is 7.87. The third-order valence-electron chi connectivity index (χ3n) is 4.54. The van der Waals surface area contributed by atoms with Crippen LogP contribution in [0.4, 0.5) is 0 Å². The van der Waals surface area contributed by atoms with Crippen LogP contribution in [0, 0.1) is 6.92 Å². The van der Waals surface area contributed by atoms with Gasteiger partial charge in [0.15, 0.2) is 5.78 Å². The van der Waals surface area contributed by atoms with Crippen LogP contribution in [-0.2, 0) is 11.2 Å². The zero-order valence-corrected chi connectivity index (χ0v) is 14.1. The normalized spacial score (nSPS) is 16.6. The first-order chi connectivity index (χ1) is 11.5. The van der Waals surface area contributed by atoms with Crippen molar-refractivity contribution in [2.24, 2.45) is 0 Å². The van der Waals surface area contributed by atoms with Crippen molar-refractivity contribution in [1.82, 2.24) is 4.98 Å². The van der Waals surface area contributed by atoms with Crippen LogP contribution in [-0.4, -0.2) is 30.5 Å². The molecular formula is C19H21NO4. The Kier molecular flexibility index (Phi) is 4.42. The number of fused-ring (bicyclic) bond motifs is 1. The van der Waals surface area contributed by atoms with E-state index >= 15 is 0 Å². The highest BCUT2D eigenvalue weighted by molar-refractivity contribution is 6.03. The average molecular weight is 327 g/mol. The molecule has 5 nitrogen and oxygen atoms in total. The van der Waals surface area contributed by atoms with E-state index in [0.29, 0.717) is 36.3 Å². The van der Waals surface area contributed by atoms with Gasteiger partial charge in [0, 0.05) is 17.7 Å². The van der Waals surface area contributed by atoms with Crippen LogP contribution >= 0.6 is 0 Å². The number of Topliss-reactive ketones (excluding diaryl/α,β-unsaturated/α-hetero) is 1. The topological polar surface area (TPSA) is 68.4 Å². The van der Waals surface area contributed by atoms with Gasteiger partial charge in [-0.15, -0.1) is 0 Å². The van der Waals surface area contributed by atoms with Gasteiger partial charge in [0.05, 0.1) is 13.7 Å². The summed E-state index contributed by atoms with van der Waals surface area (Å²) in [6.07, 6.45) is 1.15. The van der Waals surface area contributed by atoms with Gasteiger partial charge in [-0.3, -0.25) is 4.79 Å². The van der Waals surface area contributed by atoms with Gasteiger partial charge in [0.25, 0.3) is 0 Å². The number of ketones is 1. The van der Waals surface area contributed by atoms with Crippen molar-refractivity contribution in [2.75, 3.05) is 13.7 Å². The Labute approximate surface area is 141 Å². The van der Waals surface area contributed by atoms with Gasteiger partial charge in [-0.2, -0.15) is 0 Å². The molecule has 1 aromatic heterocycles. The molecule has 126 valence electrons. The Morgan fingerprint density at radius 2 is 1.96 bits per heavy atom. The number of rotatable bonds is 4. The number of nitrogens with one attached hydrogen (secondary N) is 1. The molecule has 0 aliphatic heterocycles. The Bertz CT molecular complexity index is 773. The minimum absolute atomic E-state index is 0.0686. The third-order valence-corrected chi connectivity index (χ3v) is 4.54. The fourth-order valence-electron chi connectivity index (χ4n) is 3.38. The highest BCUT2D eigenvalue weighted by Crippen LogP contribution is 2.35. The van der Waals surface area contributed by atoms with Gasteiger partial charge in [-0.1, -0.05) is 12.1 Å². The van der Waals surface area contributed by atoms with Crippen molar-refractivity contribution in [3.05, 3.63) is 52.3 Å². The monoisotopic (exact) mass is 327 g/mol. The van der Waals surface area contributed by atoms with Crippen LogP contribution in [0.1, 0.15) is 56.9 Å². The SMILES string of the molecule is CCOc1ccc([C@H]2CC(=O)c3c([nH]c(C(=O)OC)c3C)C2)cc1. The van der Waals surface area contributed by atoms with Crippen molar-refractivity contribution in [3.8, 4) is 5.75 Å². The lowest BCUT2D eigenvalue weighted by Crippen LogP contribution is -2.18. The highest BCUT2D eigenvalue weighted by Gasteiger charge is 2.32. The first kappa shape index (κ1) is 16.3. The maximum atomic E-state index is 12.6. The molecule has 1 aromatic carbocycles. The first-order valence-corrected chi connectivity index (χ1v) is 8.10. The molecule has 3 rings (SSSR count). The number of benzene rings is 1. The predicted molar refractivity (Wildman–Crippen MR) is 89.9 cm³/mol. The molecule has 0 saturated heterocycles. The third kappa shape index (κ3) is 2.82. The lowest BCUT2D eigenvalue weighted by atomic mass is 9.81. The van der Waals surface area contributed by atoms with Gasteiger partial charge < -0.3 is 14.5 Å². The van der Waals surface area contributed by atoms with E-state index in [1.807, 2.05) is 31.2 Å². The number of carbonyl (C=O) groups is 2. The number of hydrogen-bond donors (Lipinski definition) is 1. The van der Waals surface area contributed by atoms with E-state index in [2.05, 4.69) is 4.98 Å². The van der Waals surface area contributed by atoms with E-state index in [0.717, 1.165) is 17.0 Å². The predicted octanol–water partition coefficient (Wildman–Crippen LogP) is 3.42. The highest BCUT2D eigenvalue weighted by atomic mass is 16.5. The van der Waals surface area contributed by atoms with E-state index in [-0.39, 0.29) is 11.7 Å². The molecule has 1 aliphatic carbocycles. The number of H-pyrrole nitrogens is 1. The summed E-state index contributed by atoms with van der Waals surface area (Å²) in [5, 5.41) is 0. The van der Waals surface area contributed by atoms with Crippen LogP contribution in [0.2, 0.25) is 0 Å². The first-order valence-electron chi connectivity index (χ1n) is 8.10. The van der Waals surface area contributed by atoms with Gasteiger partial charge in [-0.05, 0) is 49.4 Å². The van der Waals surface area contributed by atoms with Gasteiger partial charge in [0.1, 0.15) is 11.4 Å². The number of esters is 1. The van der Waals surface area contributed by atoms with Crippen molar-refractivity contribution < 1.29 is 19.1 Å². The number of aromatic amines is 1. The molecule has 0 fully saturated rings. The Morgan fingerprint density at radius 1 is 1.25 bits per heavy atom. The lowest BCUT2D eigenvalue weighted by molar-refractivity contribution is 0.0593. The number of carbonyl (C=O) groups excluding carboxylic acids is 2. The summed E-state index contributed by atoms with van der Waals surface area (Å²) in [6.45, 7) is 4.36. The maximum Gasteiger partial charge on any atom is 0.354 e. The number of aromatic nitrogens is 1. The summed E-state index contributed by atoms with van der Waals surface area (Å²) >= 11 is 0. The molecule has 1 atom stereocenters. The zero-order valence-electron chi connectivity index (χ0n) is 14.1. The fourth-order valence-corrected chi connectivity index (χ4v) is 3.38. The smallest absolute Gasteiger partial charge is 0.354 e. The maximum absolute atomic E-state index is 12.6. The van der Waals surface area contributed by atoms with E-state index < -0.39 is 5.97 Å². The summed E-state index contributed by atoms with van der Waals surface area (Å²) in [4.78, 5) is 27.5. The lowest BCUT2D eigenvalue weighted by Gasteiger charge is -2.22. The largest absolute Gasteiger partial charge is 0.494 e. The van der Waals surface area contributed by atoms with E-state index in [4.69, 9.17) is 9.47 Å². The second-order valence-electron chi connectivity index (χ2n) is 6.00. The summed E-state index contributed by atoms with van der Waals surface area (Å²) in [7, 11) is 1.34. The minimum Gasteiger partial charge on any atom is -0.494 e. The van der Waals surface area contributed by atoms with Crippen molar-refractivity contribution in [2.45, 2.75) is 32.6 Å². The molecule has 1 N–H and O–H groups in total. The van der Waals surface area contributed by atoms with E-state index in [1.165, 1.54) is 7.11 Å². The molecule has 24 heavy (non-hydrogen) atoms. The Hall–Kier alpha value is -2.56. The van der Waals surface area contributed by atoms with Gasteiger partial charge in [0.2, 0.25) is 0 Å². The second-order valence-corrected chi connectivity index (χ2v) is 6.00. The quantitative estimate of drug-likeness (QED) is 0.874. The molecule has 0 amide bonds.